The van der Waals surface area contributed by atoms with E-state index in [1.165, 1.54) is 29.6 Å². The van der Waals surface area contributed by atoms with Crippen molar-refractivity contribution in [2.45, 2.75) is 24.7 Å². The highest BCUT2D eigenvalue weighted by Gasteiger charge is 2.33. The van der Waals surface area contributed by atoms with Crippen molar-refractivity contribution >= 4 is 39.2 Å². The maximum absolute atomic E-state index is 13.1. The van der Waals surface area contributed by atoms with Gasteiger partial charge < -0.3 is 14.8 Å². The Morgan fingerprint density at radius 1 is 1.19 bits per heavy atom. The summed E-state index contributed by atoms with van der Waals surface area (Å²) in [5.41, 5.74) is 0.885. The standard InChI is InChI=1S/C22H25ClN2O6S/c1-3-31-20-11-10-18(13-19(20)23)32(28,29)25-12-4-5-16(14-25)21(26)24-17-8-6-15(7-9-17)22(27)30-2/h6-11,13,16H,3-5,12,14H2,1-2H3,(H,24,26)/t16-/m1/s1. The number of esters is 1. The molecule has 32 heavy (non-hydrogen) atoms. The molecule has 1 saturated heterocycles. The molecule has 1 atom stereocenters. The van der Waals surface area contributed by atoms with Gasteiger partial charge in [0.25, 0.3) is 0 Å². The summed E-state index contributed by atoms with van der Waals surface area (Å²) in [5.74, 6) is -0.829. The molecule has 172 valence electrons. The lowest BCUT2D eigenvalue weighted by Crippen LogP contribution is -2.43. The minimum absolute atomic E-state index is 0.0606. The molecule has 1 fully saturated rings. The van der Waals surface area contributed by atoms with Gasteiger partial charge in [-0.25, -0.2) is 13.2 Å². The van der Waals surface area contributed by atoms with Crippen LogP contribution < -0.4 is 10.1 Å². The van der Waals surface area contributed by atoms with Crippen LogP contribution in [0, 0.1) is 5.92 Å². The van der Waals surface area contributed by atoms with E-state index >= 15 is 0 Å². The van der Waals surface area contributed by atoms with Crippen LogP contribution in [-0.2, 0) is 19.6 Å². The number of carbonyl (C=O) groups is 2. The maximum Gasteiger partial charge on any atom is 0.337 e. The molecule has 1 aliphatic heterocycles. The zero-order valence-corrected chi connectivity index (χ0v) is 19.4. The molecule has 1 heterocycles. The highest BCUT2D eigenvalue weighted by atomic mass is 35.5. The second-order valence-corrected chi connectivity index (χ2v) is 9.63. The van der Waals surface area contributed by atoms with Crippen LogP contribution in [-0.4, -0.2) is 51.4 Å². The Balaban J connectivity index is 1.69. The number of rotatable bonds is 7. The van der Waals surface area contributed by atoms with Gasteiger partial charge in [-0.1, -0.05) is 11.6 Å². The first-order valence-corrected chi connectivity index (χ1v) is 12.0. The lowest BCUT2D eigenvalue weighted by molar-refractivity contribution is -0.120. The third-order valence-electron chi connectivity index (χ3n) is 5.17. The summed E-state index contributed by atoms with van der Waals surface area (Å²) >= 11 is 6.16. The topological polar surface area (TPSA) is 102 Å². The minimum atomic E-state index is -3.81. The van der Waals surface area contributed by atoms with E-state index in [-0.39, 0.29) is 22.4 Å². The molecule has 1 aliphatic rings. The fraction of sp³-hybridized carbons (Fsp3) is 0.364. The Bertz CT molecular complexity index is 1090. The lowest BCUT2D eigenvalue weighted by Gasteiger charge is -2.31. The Kier molecular flexibility index (Phi) is 7.76. The van der Waals surface area contributed by atoms with Gasteiger partial charge in [0.2, 0.25) is 15.9 Å². The molecule has 2 aromatic carbocycles. The van der Waals surface area contributed by atoms with Gasteiger partial charge in [0, 0.05) is 18.8 Å². The van der Waals surface area contributed by atoms with Crippen molar-refractivity contribution in [3.63, 3.8) is 0 Å². The average molecular weight is 481 g/mol. The van der Waals surface area contributed by atoms with E-state index in [0.717, 1.165) is 0 Å². The molecule has 1 amide bonds. The van der Waals surface area contributed by atoms with Gasteiger partial charge in [-0.3, -0.25) is 4.79 Å². The molecule has 0 bridgehead atoms. The largest absolute Gasteiger partial charge is 0.492 e. The first-order chi connectivity index (χ1) is 15.3. The van der Waals surface area contributed by atoms with Gasteiger partial charge in [-0.2, -0.15) is 4.31 Å². The summed E-state index contributed by atoms with van der Waals surface area (Å²) in [4.78, 5) is 24.3. The number of anilines is 1. The van der Waals surface area contributed by atoms with Crippen molar-refractivity contribution in [2.24, 2.45) is 5.92 Å². The average Bonchev–Trinajstić information content (AvgIpc) is 2.80. The van der Waals surface area contributed by atoms with Crippen molar-refractivity contribution in [1.82, 2.24) is 4.31 Å². The summed E-state index contributed by atoms with van der Waals surface area (Å²) in [5, 5.41) is 3.01. The molecule has 0 saturated carbocycles. The third kappa shape index (κ3) is 5.40. The molecule has 0 radical (unpaired) electrons. The number of nitrogens with one attached hydrogen (secondary N) is 1. The quantitative estimate of drug-likeness (QED) is 0.608. The van der Waals surface area contributed by atoms with Crippen LogP contribution in [0.5, 0.6) is 5.75 Å². The molecule has 10 heteroatoms. The van der Waals surface area contributed by atoms with Crippen molar-refractivity contribution < 1.29 is 27.5 Å². The number of hydrogen-bond donors (Lipinski definition) is 1. The number of ether oxygens (including phenoxy) is 2. The van der Waals surface area contributed by atoms with Crippen molar-refractivity contribution in [1.29, 1.82) is 0 Å². The monoisotopic (exact) mass is 480 g/mol. The number of amides is 1. The molecular weight excluding hydrogens is 456 g/mol. The number of benzene rings is 2. The normalized spacial score (nSPS) is 16.9. The Morgan fingerprint density at radius 3 is 2.53 bits per heavy atom. The Morgan fingerprint density at radius 2 is 1.91 bits per heavy atom. The van der Waals surface area contributed by atoms with Crippen LogP contribution in [0.25, 0.3) is 0 Å². The number of hydrogen-bond acceptors (Lipinski definition) is 6. The number of methoxy groups -OCH3 is 1. The highest BCUT2D eigenvalue weighted by Crippen LogP contribution is 2.30. The molecule has 8 nitrogen and oxygen atoms in total. The fourth-order valence-electron chi connectivity index (χ4n) is 3.49. The predicted molar refractivity (Wildman–Crippen MR) is 121 cm³/mol. The van der Waals surface area contributed by atoms with Gasteiger partial charge in [0.1, 0.15) is 5.75 Å². The number of piperidine rings is 1. The van der Waals surface area contributed by atoms with E-state index in [4.69, 9.17) is 16.3 Å². The van der Waals surface area contributed by atoms with Crippen molar-refractivity contribution in [2.75, 3.05) is 32.1 Å². The van der Waals surface area contributed by atoms with Crippen LogP contribution in [0.1, 0.15) is 30.1 Å². The predicted octanol–water partition coefficient (Wildman–Crippen LogP) is 3.56. The second kappa shape index (κ2) is 10.3. The summed E-state index contributed by atoms with van der Waals surface area (Å²) in [6, 6.07) is 10.7. The van der Waals surface area contributed by atoms with E-state index in [1.54, 1.807) is 24.3 Å². The summed E-state index contributed by atoms with van der Waals surface area (Å²) in [6.07, 6.45) is 1.13. The van der Waals surface area contributed by atoms with Gasteiger partial charge in [0.05, 0.1) is 35.1 Å². The summed E-state index contributed by atoms with van der Waals surface area (Å²) < 4.78 is 37.6. The van der Waals surface area contributed by atoms with E-state index in [0.29, 0.717) is 43.0 Å². The SMILES string of the molecule is CCOc1ccc(S(=O)(=O)N2CCC[C@@H](C(=O)Nc3ccc(C(=O)OC)cc3)C2)cc1Cl. The highest BCUT2D eigenvalue weighted by molar-refractivity contribution is 7.89. The minimum Gasteiger partial charge on any atom is -0.492 e. The Hall–Kier alpha value is -2.62. The molecule has 0 aliphatic carbocycles. The number of sulfonamides is 1. The van der Waals surface area contributed by atoms with Gasteiger partial charge >= 0.3 is 5.97 Å². The van der Waals surface area contributed by atoms with Gasteiger partial charge in [-0.15, -0.1) is 0 Å². The van der Waals surface area contributed by atoms with E-state index < -0.39 is 21.9 Å². The van der Waals surface area contributed by atoms with Crippen LogP contribution in [0.4, 0.5) is 5.69 Å². The first-order valence-electron chi connectivity index (χ1n) is 10.2. The molecule has 3 rings (SSSR count). The maximum atomic E-state index is 13.1. The van der Waals surface area contributed by atoms with E-state index in [2.05, 4.69) is 10.1 Å². The third-order valence-corrected chi connectivity index (χ3v) is 7.33. The molecule has 0 aromatic heterocycles. The van der Waals surface area contributed by atoms with E-state index in [9.17, 15) is 18.0 Å². The molecule has 2 aromatic rings. The Labute approximate surface area is 192 Å². The molecule has 1 N–H and O–H groups in total. The summed E-state index contributed by atoms with van der Waals surface area (Å²) in [6.45, 7) is 2.62. The van der Waals surface area contributed by atoms with Crippen LogP contribution in [0.15, 0.2) is 47.4 Å². The van der Waals surface area contributed by atoms with Gasteiger partial charge in [0.15, 0.2) is 0 Å². The smallest absolute Gasteiger partial charge is 0.337 e. The second-order valence-electron chi connectivity index (χ2n) is 7.29. The van der Waals surface area contributed by atoms with E-state index in [1.807, 2.05) is 6.92 Å². The first kappa shape index (κ1) is 24.0. The summed E-state index contributed by atoms with van der Waals surface area (Å²) in [7, 11) is -2.52. The van der Waals surface area contributed by atoms with Crippen LogP contribution in [0.3, 0.4) is 0 Å². The number of nitrogens with zero attached hydrogens (tertiary/aromatic N) is 1. The van der Waals surface area contributed by atoms with Crippen LogP contribution >= 0.6 is 11.6 Å². The molecular formula is C22H25ClN2O6S. The van der Waals surface area contributed by atoms with Gasteiger partial charge in [-0.05, 0) is 62.2 Å². The van der Waals surface area contributed by atoms with Crippen LogP contribution in [0.2, 0.25) is 5.02 Å². The zero-order valence-electron chi connectivity index (χ0n) is 17.8. The fourth-order valence-corrected chi connectivity index (χ4v) is 5.34. The van der Waals surface area contributed by atoms with Crippen molar-refractivity contribution in [3.8, 4) is 5.75 Å². The van der Waals surface area contributed by atoms with Crippen molar-refractivity contribution in [3.05, 3.63) is 53.1 Å². The number of carbonyl (C=O) groups excluding carboxylic acids is 2. The molecule has 0 unspecified atom stereocenters. The lowest BCUT2D eigenvalue weighted by atomic mass is 9.98. The number of halogens is 1. The zero-order chi connectivity index (χ0) is 23.3. The molecule has 0 spiro atoms.